The second kappa shape index (κ2) is 7.40. The summed E-state index contributed by atoms with van der Waals surface area (Å²) in [5.74, 6) is 1.29. The van der Waals surface area contributed by atoms with Crippen LogP contribution in [0.25, 0.3) is 0 Å². The molecule has 0 aromatic carbocycles. The molecule has 0 unspecified atom stereocenters. The topological polar surface area (TPSA) is 103 Å². The minimum atomic E-state index is -3.30. The van der Waals surface area contributed by atoms with Crippen molar-refractivity contribution in [3.8, 4) is 17.5 Å². The lowest BCUT2D eigenvalue weighted by Gasteiger charge is -2.24. The fourth-order valence-electron chi connectivity index (χ4n) is 2.97. The lowest BCUT2D eigenvalue weighted by molar-refractivity contribution is 0.154. The molecule has 2 aromatic rings. The zero-order chi connectivity index (χ0) is 18.9. The van der Waals surface area contributed by atoms with Crippen LogP contribution in [-0.4, -0.2) is 47.8 Å². The third-order valence-corrected chi connectivity index (χ3v) is 6.91. The average Bonchev–Trinajstić information content (AvgIpc) is 3.52. The zero-order valence-electron chi connectivity index (χ0n) is 15.1. The lowest BCUT2D eigenvalue weighted by atomic mass is 10.1. The van der Waals surface area contributed by atoms with Gasteiger partial charge in [-0.25, -0.2) is 23.4 Å². The molecule has 8 nitrogen and oxygen atoms in total. The summed E-state index contributed by atoms with van der Waals surface area (Å²) in [6.45, 7) is 3.70. The Kier molecular flexibility index (Phi) is 4.96. The zero-order valence-corrected chi connectivity index (χ0v) is 15.9. The Hall–Kier alpha value is -2.26. The van der Waals surface area contributed by atoms with Crippen LogP contribution in [0.15, 0.2) is 29.7 Å². The van der Waals surface area contributed by atoms with E-state index >= 15 is 0 Å². The van der Waals surface area contributed by atoms with E-state index in [-0.39, 0.29) is 16.4 Å². The quantitative estimate of drug-likeness (QED) is 0.799. The SMILES string of the molecule is Cc1c(Oc2ccc(S(=O)(=O)C3CC3)nc2)ncnc1OC1CCNCC1. The average molecular weight is 390 g/mol. The van der Waals surface area contributed by atoms with E-state index in [1.165, 1.54) is 18.6 Å². The van der Waals surface area contributed by atoms with Crippen molar-refractivity contribution in [2.24, 2.45) is 0 Å². The van der Waals surface area contributed by atoms with Gasteiger partial charge >= 0.3 is 0 Å². The number of sulfone groups is 1. The van der Waals surface area contributed by atoms with Crippen molar-refractivity contribution in [2.45, 2.75) is 49.0 Å². The van der Waals surface area contributed by atoms with Gasteiger partial charge in [0.1, 0.15) is 18.2 Å². The van der Waals surface area contributed by atoms with Gasteiger partial charge in [-0.1, -0.05) is 0 Å². The molecule has 0 spiro atoms. The number of pyridine rings is 1. The fraction of sp³-hybridized carbons (Fsp3) is 0.500. The van der Waals surface area contributed by atoms with Crippen molar-refractivity contribution in [1.82, 2.24) is 20.3 Å². The van der Waals surface area contributed by atoms with E-state index in [1.54, 1.807) is 6.07 Å². The predicted octanol–water partition coefficient (Wildman–Crippen LogP) is 2.04. The van der Waals surface area contributed by atoms with Crippen molar-refractivity contribution in [3.63, 3.8) is 0 Å². The molecule has 27 heavy (non-hydrogen) atoms. The monoisotopic (exact) mass is 390 g/mol. The second-order valence-corrected chi connectivity index (χ2v) is 9.03. The highest BCUT2D eigenvalue weighted by Gasteiger charge is 2.37. The Balaban J connectivity index is 1.48. The number of piperidine rings is 1. The van der Waals surface area contributed by atoms with E-state index in [9.17, 15) is 8.42 Å². The van der Waals surface area contributed by atoms with Crippen LogP contribution < -0.4 is 14.8 Å². The summed E-state index contributed by atoms with van der Waals surface area (Å²) in [6, 6.07) is 3.07. The second-order valence-electron chi connectivity index (χ2n) is 6.85. The maximum atomic E-state index is 12.2. The summed E-state index contributed by atoms with van der Waals surface area (Å²) in [4.78, 5) is 12.4. The van der Waals surface area contributed by atoms with E-state index in [0.29, 0.717) is 35.9 Å². The van der Waals surface area contributed by atoms with E-state index in [2.05, 4.69) is 20.3 Å². The highest BCUT2D eigenvalue weighted by atomic mass is 32.2. The molecule has 1 saturated heterocycles. The van der Waals surface area contributed by atoms with E-state index in [1.807, 2.05) is 6.92 Å². The molecule has 3 heterocycles. The standard InChI is InChI=1S/C18H22N4O4S/c1-12-17(25-13-6-8-19-9-7-13)21-11-22-18(12)26-14-2-5-16(20-10-14)27(23,24)15-3-4-15/h2,5,10-11,13,15,19H,3-4,6-9H2,1H3. The van der Waals surface area contributed by atoms with Crippen LogP contribution in [0.4, 0.5) is 0 Å². The molecule has 4 rings (SSSR count). The number of hydrogen-bond acceptors (Lipinski definition) is 8. The number of nitrogens with one attached hydrogen (secondary N) is 1. The molecule has 2 aromatic heterocycles. The first-order valence-corrected chi connectivity index (χ1v) is 10.7. The van der Waals surface area contributed by atoms with Gasteiger partial charge in [-0.3, -0.25) is 0 Å². The Morgan fingerprint density at radius 3 is 2.44 bits per heavy atom. The summed E-state index contributed by atoms with van der Waals surface area (Å²) in [7, 11) is -3.30. The number of ether oxygens (including phenoxy) is 2. The summed E-state index contributed by atoms with van der Waals surface area (Å²) in [5.41, 5.74) is 0.700. The van der Waals surface area contributed by atoms with Crippen LogP contribution in [0, 0.1) is 6.92 Å². The van der Waals surface area contributed by atoms with Crippen molar-refractivity contribution < 1.29 is 17.9 Å². The molecule has 0 atom stereocenters. The van der Waals surface area contributed by atoms with Crippen LogP contribution in [0.5, 0.6) is 17.5 Å². The van der Waals surface area contributed by atoms with Crippen LogP contribution >= 0.6 is 0 Å². The maximum Gasteiger partial charge on any atom is 0.229 e. The van der Waals surface area contributed by atoms with Gasteiger partial charge in [0.25, 0.3) is 0 Å². The van der Waals surface area contributed by atoms with Gasteiger partial charge in [-0.15, -0.1) is 0 Å². The number of rotatable bonds is 6. The van der Waals surface area contributed by atoms with Crippen molar-refractivity contribution in [1.29, 1.82) is 0 Å². The number of nitrogens with zero attached hydrogens (tertiary/aromatic N) is 3. The molecular formula is C18H22N4O4S. The summed E-state index contributed by atoms with van der Waals surface area (Å²) >= 11 is 0. The third-order valence-electron chi connectivity index (χ3n) is 4.73. The number of hydrogen-bond donors (Lipinski definition) is 1. The molecule has 2 aliphatic rings. The fourth-order valence-corrected chi connectivity index (χ4v) is 4.52. The maximum absolute atomic E-state index is 12.2. The van der Waals surface area contributed by atoms with Gasteiger partial charge in [-0.05, 0) is 57.8 Å². The third kappa shape index (κ3) is 4.03. The molecule has 1 N–H and O–H groups in total. The number of aromatic nitrogens is 3. The molecule has 0 amide bonds. The van der Waals surface area contributed by atoms with E-state index < -0.39 is 9.84 Å². The molecule has 2 fully saturated rings. The summed E-state index contributed by atoms with van der Waals surface area (Å²) in [5, 5.41) is 3.11. The van der Waals surface area contributed by atoms with Crippen LogP contribution in [0.1, 0.15) is 31.2 Å². The minimum absolute atomic E-state index is 0.0895. The van der Waals surface area contributed by atoms with Gasteiger partial charge in [0.2, 0.25) is 11.8 Å². The molecule has 9 heteroatoms. The lowest BCUT2D eigenvalue weighted by Crippen LogP contribution is -2.34. The smallest absolute Gasteiger partial charge is 0.229 e. The van der Waals surface area contributed by atoms with E-state index in [0.717, 1.165) is 25.9 Å². The minimum Gasteiger partial charge on any atom is -0.474 e. The molecule has 1 saturated carbocycles. The van der Waals surface area contributed by atoms with Crippen molar-refractivity contribution >= 4 is 9.84 Å². The van der Waals surface area contributed by atoms with Crippen LogP contribution in [-0.2, 0) is 9.84 Å². The van der Waals surface area contributed by atoms with Crippen LogP contribution in [0.3, 0.4) is 0 Å². The molecule has 144 valence electrons. The largest absolute Gasteiger partial charge is 0.474 e. The van der Waals surface area contributed by atoms with Gasteiger partial charge < -0.3 is 14.8 Å². The Labute approximate surface area is 158 Å². The first-order chi connectivity index (χ1) is 13.0. The van der Waals surface area contributed by atoms with Gasteiger partial charge in [-0.2, -0.15) is 0 Å². The highest BCUT2D eigenvalue weighted by Crippen LogP contribution is 2.33. The van der Waals surface area contributed by atoms with Gasteiger partial charge in [0.15, 0.2) is 14.9 Å². The Morgan fingerprint density at radius 1 is 1.04 bits per heavy atom. The Morgan fingerprint density at radius 2 is 1.78 bits per heavy atom. The summed E-state index contributed by atoms with van der Waals surface area (Å²) < 4.78 is 36.2. The normalized spacial score (nSPS) is 18.3. The molecule has 1 aliphatic heterocycles. The molecule has 0 bridgehead atoms. The first kappa shape index (κ1) is 18.1. The molecule has 0 radical (unpaired) electrons. The highest BCUT2D eigenvalue weighted by molar-refractivity contribution is 7.92. The predicted molar refractivity (Wildman–Crippen MR) is 97.8 cm³/mol. The van der Waals surface area contributed by atoms with Crippen molar-refractivity contribution in [3.05, 3.63) is 30.2 Å². The molecular weight excluding hydrogens is 368 g/mol. The van der Waals surface area contributed by atoms with E-state index in [4.69, 9.17) is 9.47 Å². The summed E-state index contributed by atoms with van der Waals surface area (Å²) in [6.07, 6.45) is 6.22. The van der Waals surface area contributed by atoms with Crippen LogP contribution in [0.2, 0.25) is 0 Å². The first-order valence-electron chi connectivity index (χ1n) is 9.11. The van der Waals surface area contributed by atoms with Gasteiger partial charge in [0, 0.05) is 0 Å². The molecule has 1 aliphatic carbocycles. The Bertz CT molecular complexity index is 907. The van der Waals surface area contributed by atoms with Gasteiger partial charge in [0.05, 0.1) is 17.0 Å². The van der Waals surface area contributed by atoms with Crippen molar-refractivity contribution in [2.75, 3.05) is 13.1 Å².